The van der Waals surface area contributed by atoms with E-state index in [1.54, 1.807) is 12.1 Å². The van der Waals surface area contributed by atoms with Crippen LogP contribution in [0.25, 0.3) is 0 Å². The van der Waals surface area contributed by atoms with Gasteiger partial charge < -0.3 is 14.8 Å². The number of carbonyl (C=O) groups is 1. The number of furan rings is 1. The molecule has 0 radical (unpaired) electrons. The molecular weight excluding hydrogens is 344 g/mol. The van der Waals surface area contributed by atoms with Gasteiger partial charge in [0.25, 0.3) is 0 Å². The Hall–Kier alpha value is -2.16. The van der Waals surface area contributed by atoms with E-state index in [0.717, 1.165) is 12.8 Å². The second-order valence-corrected chi connectivity index (χ2v) is 7.97. The first-order valence-corrected chi connectivity index (χ1v) is 9.43. The Balaban J connectivity index is 1.74. The van der Waals surface area contributed by atoms with Gasteiger partial charge in [-0.05, 0) is 55.2 Å². The van der Waals surface area contributed by atoms with Crippen LogP contribution in [0.1, 0.15) is 25.5 Å². The third-order valence-corrected chi connectivity index (χ3v) is 5.63. The monoisotopic (exact) mass is 364 g/mol. The SMILES string of the molecule is CC(=O)Nc1ccc(S(=O)(=O)NCC(O)(c2ccco2)C2CC2)cc1. The number of hydrogen-bond donors (Lipinski definition) is 3. The van der Waals surface area contributed by atoms with E-state index in [4.69, 9.17) is 4.42 Å². The van der Waals surface area contributed by atoms with E-state index in [9.17, 15) is 18.3 Å². The van der Waals surface area contributed by atoms with Crippen LogP contribution in [0.15, 0.2) is 52.0 Å². The van der Waals surface area contributed by atoms with Crippen molar-refractivity contribution in [3.63, 3.8) is 0 Å². The molecule has 1 atom stereocenters. The summed E-state index contributed by atoms with van der Waals surface area (Å²) in [6, 6.07) is 9.13. The Morgan fingerprint density at radius 2 is 1.96 bits per heavy atom. The number of carbonyl (C=O) groups excluding carboxylic acids is 1. The predicted octanol–water partition coefficient (Wildman–Crippen LogP) is 1.81. The van der Waals surface area contributed by atoms with Crippen LogP contribution < -0.4 is 10.0 Å². The maximum atomic E-state index is 12.5. The average Bonchev–Trinajstić information content (AvgIpc) is 3.28. The number of nitrogens with one attached hydrogen (secondary N) is 2. The van der Waals surface area contributed by atoms with Crippen LogP contribution in [0, 0.1) is 5.92 Å². The zero-order chi connectivity index (χ0) is 18.1. The highest BCUT2D eigenvalue weighted by atomic mass is 32.2. The molecule has 1 aliphatic carbocycles. The number of rotatable bonds is 7. The van der Waals surface area contributed by atoms with Crippen molar-refractivity contribution in [1.82, 2.24) is 4.72 Å². The summed E-state index contributed by atoms with van der Waals surface area (Å²) in [6.07, 6.45) is 3.10. The predicted molar refractivity (Wildman–Crippen MR) is 91.3 cm³/mol. The van der Waals surface area contributed by atoms with Gasteiger partial charge in [-0.2, -0.15) is 0 Å². The average molecular weight is 364 g/mol. The molecule has 1 fully saturated rings. The van der Waals surface area contributed by atoms with E-state index in [1.807, 2.05) is 0 Å². The van der Waals surface area contributed by atoms with Crippen LogP contribution in [-0.4, -0.2) is 26.0 Å². The largest absolute Gasteiger partial charge is 0.466 e. The first-order chi connectivity index (χ1) is 11.8. The van der Waals surface area contributed by atoms with Gasteiger partial charge in [-0.1, -0.05) is 0 Å². The van der Waals surface area contributed by atoms with Gasteiger partial charge in [-0.25, -0.2) is 13.1 Å². The van der Waals surface area contributed by atoms with Crippen molar-refractivity contribution >= 4 is 21.6 Å². The Morgan fingerprint density at radius 3 is 2.48 bits per heavy atom. The van der Waals surface area contributed by atoms with Gasteiger partial charge in [0.2, 0.25) is 15.9 Å². The molecular formula is C17H20N2O5S. The van der Waals surface area contributed by atoms with E-state index < -0.39 is 15.6 Å². The molecule has 0 saturated heterocycles. The molecule has 25 heavy (non-hydrogen) atoms. The molecule has 3 N–H and O–H groups in total. The number of aliphatic hydroxyl groups is 1. The third kappa shape index (κ3) is 3.92. The first-order valence-electron chi connectivity index (χ1n) is 7.95. The lowest BCUT2D eigenvalue weighted by molar-refractivity contribution is -0.114. The molecule has 0 aliphatic heterocycles. The summed E-state index contributed by atoms with van der Waals surface area (Å²) >= 11 is 0. The lowest BCUT2D eigenvalue weighted by Gasteiger charge is -2.26. The second-order valence-electron chi connectivity index (χ2n) is 6.21. The smallest absolute Gasteiger partial charge is 0.240 e. The summed E-state index contributed by atoms with van der Waals surface area (Å²) < 4.78 is 32.7. The highest BCUT2D eigenvalue weighted by Gasteiger charge is 2.47. The van der Waals surface area contributed by atoms with Crippen molar-refractivity contribution in [2.75, 3.05) is 11.9 Å². The molecule has 1 unspecified atom stereocenters. The second kappa shape index (κ2) is 6.62. The minimum absolute atomic E-state index is 0.0245. The van der Waals surface area contributed by atoms with Gasteiger partial charge in [0.05, 0.1) is 11.2 Å². The zero-order valence-corrected chi connectivity index (χ0v) is 14.5. The maximum absolute atomic E-state index is 12.5. The van der Waals surface area contributed by atoms with Crippen LogP contribution in [0.5, 0.6) is 0 Å². The Labute approximate surface area is 146 Å². The highest BCUT2D eigenvalue weighted by Crippen LogP contribution is 2.45. The first kappa shape index (κ1) is 17.7. The van der Waals surface area contributed by atoms with Crippen LogP contribution in [0.2, 0.25) is 0 Å². The standard InChI is InChI=1S/C17H20N2O5S/c1-12(20)19-14-6-8-15(9-7-14)25(22,23)18-11-17(21,13-4-5-13)16-3-2-10-24-16/h2-3,6-10,13,18,21H,4-5,11H2,1H3,(H,19,20). The van der Waals surface area contributed by atoms with Crippen LogP contribution in [-0.2, 0) is 20.4 Å². The van der Waals surface area contributed by atoms with Crippen molar-refractivity contribution in [1.29, 1.82) is 0 Å². The maximum Gasteiger partial charge on any atom is 0.240 e. The van der Waals surface area contributed by atoms with Crippen LogP contribution >= 0.6 is 0 Å². The van der Waals surface area contributed by atoms with Crippen molar-refractivity contribution in [2.45, 2.75) is 30.3 Å². The summed E-state index contributed by atoms with van der Waals surface area (Å²) in [5.41, 5.74) is -0.844. The van der Waals surface area contributed by atoms with Crippen molar-refractivity contribution in [3.8, 4) is 0 Å². The molecule has 8 heteroatoms. The zero-order valence-electron chi connectivity index (χ0n) is 13.7. The molecule has 0 spiro atoms. The third-order valence-electron chi connectivity index (χ3n) is 4.22. The molecule has 134 valence electrons. The molecule has 1 aliphatic rings. The topological polar surface area (TPSA) is 109 Å². The molecule has 2 aromatic rings. The Kier molecular flexibility index (Phi) is 4.68. The number of anilines is 1. The summed E-state index contributed by atoms with van der Waals surface area (Å²) in [6.45, 7) is 1.21. The van der Waals surface area contributed by atoms with E-state index in [1.165, 1.54) is 37.5 Å². The number of sulfonamides is 1. The lowest BCUT2D eigenvalue weighted by atomic mass is 9.95. The molecule has 1 aromatic carbocycles. The summed E-state index contributed by atoms with van der Waals surface area (Å²) in [7, 11) is -3.80. The van der Waals surface area contributed by atoms with E-state index >= 15 is 0 Å². The summed E-state index contributed by atoms with van der Waals surface area (Å²) in [5.74, 6) is 0.101. The molecule has 1 heterocycles. The summed E-state index contributed by atoms with van der Waals surface area (Å²) in [4.78, 5) is 11.1. The van der Waals surface area contributed by atoms with Gasteiger partial charge in [-0.3, -0.25) is 4.79 Å². The molecule has 1 amide bonds. The highest BCUT2D eigenvalue weighted by molar-refractivity contribution is 7.89. The minimum atomic E-state index is -3.80. The fraction of sp³-hybridized carbons (Fsp3) is 0.353. The van der Waals surface area contributed by atoms with Gasteiger partial charge in [0, 0.05) is 19.2 Å². The molecule has 1 saturated carbocycles. The van der Waals surface area contributed by atoms with Gasteiger partial charge in [0.15, 0.2) is 0 Å². The molecule has 7 nitrogen and oxygen atoms in total. The van der Waals surface area contributed by atoms with E-state index in [-0.39, 0.29) is 23.3 Å². The van der Waals surface area contributed by atoms with Gasteiger partial charge >= 0.3 is 0 Å². The normalized spacial score (nSPS) is 17.0. The number of benzene rings is 1. The fourth-order valence-electron chi connectivity index (χ4n) is 2.73. The molecule has 1 aromatic heterocycles. The van der Waals surface area contributed by atoms with Gasteiger partial charge in [0.1, 0.15) is 11.4 Å². The van der Waals surface area contributed by atoms with Crippen LogP contribution in [0.3, 0.4) is 0 Å². The number of amides is 1. The lowest BCUT2D eigenvalue weighted by Crippen LogP contribution is -2.42. The number of hydrogen-bond acceptors (Lipinski definition) is 5. The fourth-order valence-corrected chi connectivity index (χ4v) is 3.80. The Morgan fingerprint density at radius 1 is 1.28 bits per heavy atom. The van der Waals surface area contributed by atoms with Crippen molar-refractivity contribution in [2.24, 2.45) is 5.92 Å². The van der Waals surface area contributed by atoms with Gasteiger partial charge in [-0.15, -0.1) is 0 Å². The van der Waals surface area contributed by atoms with Crippen molar-refractivity contribution < 1.29 is 22.7 Å². The summed E-state index contributed by atoms with van der Waals surface area (Å²) in [5, 5.41) is 13.5. The quantitative estimate of drug-likeness (QED) is 0.694. The Bertz CT molecular complexity index is 842. The minimum Gasteiger partial charge on any atom is -0.466 e. The van der Waals surface area contributed by atoms with E-state index in [2.05, 4.69) is 10.0 Å². The molecule has 0 bridgehead atoms. The van der Waals surface area contributed by atoms with Crippen LogP contribution in [0.4, 0.5) is 5.69 Å². The van der Waals surface area contributed by atoms with E-state index in [0.29, 0.717) is 11.4 Å². The molecule has 3 rings (SSSR count). The van der Waals surface area contributed by atoms with Crippen molar-refractivity contribution in [3.05, 3.63) is 48.4 Å².